The Balaban J connectivity index is 1.41. The molecule has 2 heterocycles. The van der Waals surface area contributed by atoms with Crippen LogP contribution < -0.4 is 10.6 Å². The van der Waals surface area contributed by atoms with E-state index in [2.05, 4.69) is 25.4 Å². The number of carbonyl (C=O) groups is 1. The molecule has 0 aliphatic carbocycles. The molecule has 0 saturated carbocycles. The number of fused-ring (bicyclic) bond motifs is 1. The van der Waals surface area contributed by atoms with Gasteiger partial charge in [-0.25, -0.2) is 13.6 Å². The summed E-state index contributed by atoms with van der Waals surface area (Å²) < 4.78 is 28.3. The highest BCUT2D eigenvalue weighted by atomic mass is 19.2. The molecule has 1 aliphatic rings. The third kappa shape index (κ3) is 4.12. The number of hydrogen-bond donors (Lipinski definition) is 2. The molecule has 1 aromatic carbocycles. The fourth-order valence-corrected chi connectivity index (χ4v) is 2.93. The third-order valence-electron chi connectivity index (χ3n) is 4.40. The van der Waals surface area contributed by atoms with E-state index >= 15 is 0 Å². The minimum absolute atomic E-state index is 0.124. The van der Waals surface area contributed by atoms with E-state index in [4.69, 9.17) is 0 Å². The fourth-order valence-electron chi connectivity index (χ4n) is 2.93. The zero-order valence-electron chi connectivity index (χ0n) is 14.1. The summed E-state index contributed by atoms with van der Waals surface area (Å²) >= 11 is 0. The standard InChI is InChI=1S/C17H21F2N5O/c1-11(12-4-5-13(18)14(19)9-12)10-21-17(25)20-7-6-16-23-22-15-3-2-8-24(15)16/h4-5,9,11H,2-3,6-8,10H2,1H3,(H2,20,21,25). The van der Waals surface area contributed by atoms with Crippen molar-refractivity contribution in [2.75, 3.05) is 13.1 Å². The van der Waals surface area contributed by atoms with E-state index in [1.54, 1.807) is 0 Å². The van der Waals surface area contributed by atoms with Crippen molar-refractivity contribution in [3.8, 4) is 0 Å². The van der Waals surface area contributed by atoms with Crippen LogP contribution in [0.3, 0.4) is 0 Å². The van der Waals surface area contributed by atoms with Gasteiger partial charge in [-0.1, -0.05) is 13.0 Å². The van der Waals surface area contributed by atoms with E-state index < -0.39 is 11.6 Å². The molecule has 0 saturated heterocycles. The lowest BCUT2D eigenvalue weighted by Crippen LogP contribution is -2.38. The van der Waals surface area contributed by atoms with E-state index in [0.717, 1.165) is 43.2 Å². The lowest BCUT2D eigenvalue weighted by molar-refractivity contribution is 0.240. The van der Waals surface area contributed by atoms with Gasteiger partial charge in [-0.2, -0.15) is 0 Å². The monoisotopic (exact) mass is 349 g/mol. The highest BCUT2D eigenvalue weighted by molar-refractivity contribution is 5.73. The second-order valence-corrected chi connectivity index (χ2v) is 6.25. The summed E-state index contributed by atoms with van der Waals surface area (Å²) in [5.74, 6) is 0.0274. The topological polar surface area (TPSA) is 71.8 Å². The summed E-state index contributed by atoms with van der Waals surface area (Å²) in [5.41, 5.74) is 0.637. The summed E-state index contributed by atoms with van der Waals surface area (Å²) in [4.78, 5) is 11.9. The quantitative estimate of drug-likeness (QED) is 0.839. The number of urea groups is 1. The lowest BCUT2D eigenvalue weighted by Gasteiger charge is -2.14. The number of aryl methyl sites for hydroxylation is 1. The summed E-state index contributed by atoms with van der Waals surface area (Å²) in [6.45, 7) is 3.57. The van der Waals surface area contributed by atoms with Gasteiger partial charge in [-0.3, -0.25) is 0 Å². The SMILES string of the molecule is CC(CNC(=O)NCCc1nnc2n1CCC2)c1ccc(F)c(F)c1. The molecule has 0 radical (unpaired) electrons. The van der Waals surface area contributed by atoms with Crippen LogP contribution in [-0.2, 0) is 19.4 Å². The van der Waals surface area contributed by atoms with Crippen molar-refractivity contribution in [1.82, 2.24) is 25.4 Å². The maximum atomic E-state index is 13.2. The average Bonchev–Trinajstić information content (AvgIpc) is 3.20. The van der Waals surface area contributed by atoms with Gasteiger partial charge in [0.05, 0.1) is 0 Å². The van der Waals surface area contributed by atoms with Gasteiger partial charge < -0.3 is 15.2 Å². The summed E-state index contributed by atoms with van der Waals surface area (Å²) in [7, 11) is 0. The van der Waals surface area contributed by atoms with Crippen LogP contribution in [-0.4, -0.2) is 33.9 Å². The third-order valence-corrected chi connectivity index (χ3v) is 4.40. The predicted molar refractivity (Wildman–Crippen MR) is 88.2 cm³/mol. The molecule has 25 heavy (non-hydrogen) atoms. The Hall–Kier alpha value is -2.51. The van der Waals surface area contributed by atoms with E-state index in [1.165, 1.54) is 6.07 Å². The molecular weight excluding hydrogens is 328 g/mol. The molecular formula is C17H21F2N5O. The minimum atomic E-state index is -0.880. The minimum Gasteiger partial charge on any atom is -0.338 e. The molecule has 2 amide bonds. The van der Waals surface area contributed by atoms with Crippen molar-refractivity contribution in [1.29, 1.82) is 0 Å². The van der Waals surface area contributed by atoms with Crippen LogP contribution in [0.15, 0.2) is 18.2 Å². The lowest BCUT2D eigenvalue weighted by atomic mass is 10.0. The number of nitrogens with one attached hydrogen (secondary N) is 2. The number of carbonyl (C=O) groups excluding carboxylic acids is 1. The van der Waals surface area contributed by atoms with Gasteiger partial charge in [0.25, 0.3) is 0 Å². The van der Waals surface area contributed by atoms with Gasteiger partial charge in [0.15, 0.2) is 11.6 Å². The summed E-state index contributed by atoms with van der Waals surface area (Å²) in [6, 6.07) is 3.48. The number of rotatable bonds is 6. The van der Waals surface area contributed by atoms with Crippen LogP contribution in [0.2, 0.25) is 0 Å². The molecule has 1 aromatic heterocycles. The Morgan fingerprint density at radius 2 is 2.12 bits per heavy atom. The largest absolute Gasteiger partial charge is 0.338 e. The van der Waals surface area contributed by atoms with E-state index in [1.807, 2.05) is 6.92 Å². The average molecular weight is 349 g/mol. The van der Waals surface area contributed by atoms with Crippen LogP contribution in [0.5, 0.6) is 0 Å². The highest BCUT2D eigenvalue weighted by Crippen LogP contribution is 2.17. The van der Waals surface area contributed by atoms with E-state index in [-0.39, 0.29) is 11.9 Å². The highest BCUT2D eigenvalue weighted by Gasteiger charge is 2.17. The molecule has 2 aromatic rings. The maximum absolute atomic E-state index is 13.2. The second kappa shape index (κ2) is 7.58. The maximum Gasteiger partial charge on any atom is 0.314 e. The normalized spacial score (nSPS) is 14.2. The molecule has 1 unspecified atom stereocenters. The van der Waals surface area contributed by atoms with Crippen molar-refractivity contribution in [3.05, 3.63) is 47.0 Å². The Kier molecular flexibility index (Phi) is 5.25. The molecule has 134 valence electrons. The van der Waals surface area contributed by atoms with Crippen LogP contribution in [0.4, 0.5) is 13.6 Å². The van der Waals surface area contributed by atoms with Crippen molar-refractivity contribution < 1.29 is 13.6 Å². The number of aromatic nitrogens is 3. The zero-order chi connectivity index (χ0) is 17.8. The zero-order valence-corrected chi connectivity index (χ0v) is 14.1. The van der Waals surface area contributed by atoms with E-state index in [9.17, 15) is 13.6 Å². The van der Waals surface area contributed by atoms with Gasteiger partial charge in [0.2, 0.25) is 0 Å². The number of benzene rings is 1. The van der Waals surface area contributed by atoms with Crippen LogP contribution in [0.1, 0.15) is 36.5 Å². The fraction of sp³-hybridized carbons (Fsp3) is 0.471. The van der Waals surface area contributed by atoms with Crippen molar-refractivity contribution >= 4 is 6.03 Å². The number of hydrogen-bond acceptors (Lipinski definition) is 3. The molecule has 8 heteroatoms. The molecule has 0 spiro atoms. The molecule has 0 fully saturated rings. The van der Waals surface area contributed by atoms with Gasteiger partial charge >= 0.3 is 6.03 Å². The number of amides is 2. The van der Waals surface area contributed by atoms with Crippen LogP contribution >= 0.6 is 0 Å². The molecule has 1 atom stereocenters. The molecule has 6 nitrogen and oxygen atoms in total. The van der Waals surface area contributed by atoms with Gasteiger partial charge in [-0.15, -0.1) is 10.2 Å². The van der Waals surface area contributed by atoms with Crippen molar-refractivity contribution in [2.45, 2.75) is 38.6 Å². The summed E-state index contributed by atoms with van der Waals surface area (Å²) in [5, 5.41) is 13.8. The van der Waals surface area contributed by atoms with E-state index in [0.29, 0.717) is 25.1 Å². The first-order valence-electron chi connectivity index (χ1n) is 8.42. The molecule has 1 aliphatic heterocycles. The first-order chi connectivity index (χ1) is 12.0. The smallest absolute Gasteiger partial charge is 0.314 e. The first kappa shape index (κ1) is 17.3. The molecule has 3 rings (SSSR count). The van der Waals surface area contributed by atoms with Crippen molar-refractivity contribution in [3.63, 3.8) is 0 Å². The first-order valence-corrected chi connectivity index (χ1v) is 8.42. The van der Waals surface area contributed by atoms with Gasteiger partial charge in [0, 0.05) is 32.5 Å². The Morgan fingerprint density at radius 1 is 1.28 bits per heavy atom. The van der Waals surface area contributed by atoms with Gasteiger partial charge in [0.1, 0.15) is 11.6 Å². The Morgan fingerprint density at radius 3 is 2.92 bits per heavy atom. The second-order valence-electron chi connectivity index (χ2n) is 6.25. The Bertz CT molecular complexity index is 761. The number of nitrogens with zero attached hydrogens (tertiary/aromatic N) is 3. The summed E-state index contributed by atoms with van der Waals surface area (Å²) in [6.07, 6.45) is 2.68. The predicted octanol–water partition coefficient (Wildman–Crippen LogP) is 2.15. The number of halogens is 2. The van der Waals surface area contributed by atoms with Crippen molar-refractivity contribution in [2.24, 2.45) is 0 Å². The van der Waals surface area contributed by atoms with Gasteiger partial charge in [-0.05, 0) is 30.0 Å². The molecule has 2 N–H and O–H groups in total. The van der Waals surface area contributed by atoms with Crippen LogP contribution in [0.25, 0.3) is 0 Å². The van der Waals surface area contributed by atoms with Crippen LogP contribution in [0, 0.1) is 11.6 Å². The Labute approximate surface area is 144 Å². The molecule has 0 bridgehead atoms.